The van der Waals surface area contributed by atoms with Gasteiger partial charge in [0.15, 0.2) is 0 Å². The van der Waals surface area contributed by atoms with Gasteiger partial charge in [-0.25, -0.2) is 13.8 Å². The second kappa shape index (κ2) is 10.9. The van der Waals surface area contributed by atoms with Crippen LogP contribution in [0.4, 0.5) is 20.5 Å². The number of aliphatic hydroxyl groups is 1. The van der Waals surface area contributed by atoms with E-state index in [9.17, 15) is 18.7 Å². The zero-order valence-corrected chi connectivity index (χ0v) is 19.8. The van der Waals surface area contributed by atoms with Crippen molar-refractivity contribution in [3.05, 3.63) is 83.1 Å². The van der Waals surface area contributed by atoms with Crippen molar-refractivity contribution < 1.29 is 18.7 Å². The third-order valence-electron chi connectivity index (χ3n) is 6.19. The number of carbonyl (C=O) groups is 1. The van der Waals surface area contributed by atoms with Crippen molar-refractivity contribution in [3.8, 4) is 0 Å². The molecule has 2 heterocycles. The monoisotopic (exact) mass is 497 g/mol. The highest BCUT2D eigenvalue weighted by molar-refractivity contribution is 5.91. The molecule has 0 aliphatic carbocycles. The van der Waals surface area contributed by atoms with Crippen LogP contribution in [-0.4, -0.2) is 64.3 Å². The number of hydrogen-bond acceptors (Lipinski definition) is 8. The van der Waals surface area contributed by atoms with Gasteiger partial charge in [0.2, 0.25) is 5.95 Å². The Labute approximate surface area is 207 Å². The van der Waals surface area contributed by atoms with E-state index in [1.165, 1.54) is 30.3 Å². The highest BCUT2D eigenvalue weighted by atomic mass is 19.1. The standard InChI is InChI=1S/C25H29F2N7O2/c1-15(23(28)35)30-21-14-20(24(29)36)31-25(32-21)34-12-10-33(11-13-34)22(16-2-6-18(26)7-3-16)17-4-8-19(27)9-5-17/h2-9,14-15,22-23,35H,10-13,28H2,1H3,(H2,29,36)(H,30,31,32). The molecular weight excluding hydrogens is 468 g/mol. The minimum Gasteiger partial charge on any atom is -0.377 e. The fourth-order valence-corrected chi connectivity index (χ4v) is 4.18. The number of piperazine rings is 1. The number of aliphatic hydroxyl groups excluding tert-OH is 1. The second-order valence-electron chi connectivity index (χ2n) is 8.75. The number of amides is 1. The van der Waals surface area contributed by atoms with E-state index in [2.05, 4.69) is 20.2 Å². The maximum Gasteiger partial charge on any atom is 0.267 e. The zero-order chi connectivity index (χ0) is 25.8. The highest BCUT2D eigenvalue weighted by Gasteiger charge is 2.28. The molecule has 1 aliphatic rings. The van der Waals surface area contributed by atoms with E-state index in [4.69, 9.17) is 11.5 Å². The minimum atomic E-state index is -1.13. The summed E-state index contributed by atoms with van der Waals surface area (Å²) in [5, 5.41) is 12.6. The Morgan fingerprint density at radius 3 is 1.97 bits per heavy atom. The Hall–Kier alpha value is -3.67. The molecule has 0 bridgehead atoms. The summed E-state index contributed by atoms with van der Waals surface area (Å²) < 4.78 is 27.2. The molecule has 6 N–H and O–H groups in total. The average Bonchev–Trinajstić information content (AvgIpc) is 2.86. The van der Waals surface area contributed by atoms with Crippen LogP contribution in [0.25, 0.3) is 0 Å². The van der Waals surface area contributed by atoms with Crippen molar-refractivity contribution in [1.29, 1.82) is 0 Å². The van der Waals surface area contributed by atoms with Gasteiger partial charge in [-0.3, -0.25) is 9.69 Å². The van der Waals surface area contributed by atoms with Crippen LogP contribution < -0.4 is 21.7 Å². The third-order valence-corrected chi connectivity index (χ3v) is 6.19. The van der Waals surface area contributed by atoms with Crippen molar-refractivity contribution in [3.63, 3.8) is 0 Å². The number of rotatable bonds is 8. The Morgan fingerprint density at radius 1 is 0.972 bits per heavy atom. The molecule has 1 aromatic heterocycles. The number of nitrogens with one attached hydrogen (secondary N) is 1. The first-order chi connectivity index (χ1) is 17.2. The maximum atomic E-state index is 13.6. The molecule has 11 heteroatoms. The normalized spacial score (nSPS) is 16.1. The van der Waals surface area contributed by atoms with Crippen LogP contribution in [0.2, 0.25) is 0 Å². The zero-order valence-electron chi connectivity index (χ0n) is 19.8. The molecule has 1 amide bonds. The van der Waals surface area contributed by atoms with Gasteiger partial charge in [-0.05, 0) is 42.3 Å². The fourth-order valence-electron chi connectivity index (χ4n) is 4.18. The molecule has 2 aromatic carbocycles. The Bertz CT molecular complexity index is 1140. The van der Waals surface area contributed by atoms with Gasteiger partial charge in [0, 0.05) is 32.2 Å². The van der Waals surface area contributed by atoms with Gasteiger partial charge >= 0.3 is 0 Å². The first-order valence-corrected chi connectivity index (χ1v) is 11.6. The summed E-state index contributed by atoms with van der Waals surface area (Å²) in [7, 11) is 0. The van der Waals surface area contributed by atoms with E-state index in [1.54, 1.807) is 31.2 Å². The molecule has 0 spiro atoms. The number of nitrogens with two attached hydrogens (primary N) is 2. The van der Waals surface area contributed by atoms with Gasteiger partial charge in [-0.2, -0.15) is 4.98 Å². The number of aromatic nitrogens is 2. The van der Waals surface area contributed by atoms with Crippen LogP contribution in [-0.2, 0) is 0 Å². The molecule has 9 nitrogen and oxygen atoms in total. The molecule has 3 aromatic rings. The number of anilines is 2. The predicted molar refractivity (Wildman–Crippen MR) is 132 cm³/mol. The molecule has 0 saturated carbocycles. The van der Waals surface area contributed by atoms with Gasteiger partial charge in [0.05, 0.1) is 12.1 Å². The molecule has 1 saturated heterocycles. The summed E-state index contributed by atoms with van der Waals surface area (Å²) >= 11 is 0. The van der Waals surface area contributed by atoms with Crippen molar-refractivity contribution in [2.75, 3.05) is 36.4 Å². The number of hydrogen-bond donors (Lipinski definition) is 4. The van der Waals surface area contributed by atoms with Crippen molar-refractivity contribution >= 4 is 17.7 Å². The highest BCUT2D eigenvalue weighted by Crippen LogP contribution is 2.30. The Balaban J connectivity index is 1.56. The van der Waals surface area contributed by atoms with E-state index >= 15 is 0 Å². The minimum absolute atomic E-state index is 0.0409. The van der Waals surface area contributed by atoms with Crippen LogP contribution >= 0.6 is 0 Å². The lowest BCUT2D eigenvalue weighted by molar-refractivity contribution is 0.0995. The van der Waals surface area contributed by atoms with Gasteiger partial charge in [-0.1, -0.05) is 24.3 Å². The molecule has 1 fully saturated rings. The van der Waals surface area contributed by atoms with Crippen LogP contribution in [0.15, 0.2) is 54.6 Å². The lowest BCUT2D eigenvalue weighted by Gasteiger charge is -2.40. The van der Waals surface area contributed by atoms with Gasteiger partial charge in [-0.15, -0.1) is 0 Å². The van der Waals surface area contributed by atoms with Gasteiger partial charge in [0.25, 0.3) is 5.91 Å². The largest absolute Gasteiger partial charge is 0.377 e. The van der Waals surface area contributed by atoms with E-state index in [-0.39, 0.29) is 23.4 Å². The van der Waals surface area contributed by atoms with Gasteiger partial charge < -0.3 is 26.8 Å². The van der Waals surface area contributed by atoms with E-state index in [1.807, 2.05) is 4.90 Å². The summed E-state index contributed by atoms with van der Waals surface area (Å²) in [5.41, 5.74) is 12.8. The second-order valence-corrected chi connectivity index (χ2v) is 8.75. The van der Waals surface area contributed by atoms with Crippen LogP contribution in [0.3, 0.4) is 0 Å². The van der Waals surface area contributed by atoms with Gasteiger partial charge in [0.1, 0.15) is 29.4 Å². The van der Waals surface area contributed by atoms with Crippen LogP contribution in [0.5, 0.6) is 0 Å². The number of nitrogens with zero attached hydrogens (tertiary/aromatic N) is 4. The topological polar surface area (TPSA) is 134 Å². The quantitative estimate of drug-likeness (QED) is 0.347. The lowest BCUT2D eigenvalue weighted by atomic mass is 9.96. The molecule has 190 valence electrons. The fraction of sp³-hybridized carbons (Fsp3) is 0.320. The Morgan fingerprint density at radius 2 is 1.50 bits per heavy atom. The average molecular weight is 498 g/mol. The smallest absolute Gasteiger partial charge is 0.267 e. The summed E-state index contributed by atoms with van der Waals surface area (Å²) in [6.07, 6.45) is -1.13. The van der Waals surface area contributed by atoms with Crippen LogP contribution in [0.1, 0.15) is 34.6 Å². The van der Waals surface area contributed by atoms with Crippen molar-refractivity contribution in [2.24, 2.45) is 11.5 Å². The summed E-state index contributed by atoms with van der Waals surface area (Å²) in [5.74, 6) is -0.701. The van der Waals surface area contributed by atoms with E-state index < -0.39 is 18.2 Å². The van der Waals surface area contributed by atoms with E-state index in [0.717, 1.165) is 11.1 Å². The first kappa shape index (κ1) is 25.4. The molecule has 36 heavy (non-hydrogen) atoms. The SMILES string of the molecule is CC(Nc1cc(C(N)=O)nc(N2CCN(C(c3ccc(F)cc3)c3ccc(F)cc3)CC2)n1)C(N)O. The summed E-state index contributed by atoms with van der Waals surface area (Å²) in [4.78, 5) is 24.8. The van der Waals surface area contributed by atoms with Crippen molar-refractivity contribution in [1.82, 2.24) is 14.9 Å². The molecule has 4 rings (SSSR count). The number of primary amides is 1. The number of halogens is 2. The van der Waals surface area contributed by atoms with Crippen molar-refractivity contribution in [2.45, 2.75) is 25.2 Å². The number of benzene rings is 2. The molecule has 1 aliphatic heterocycles. The first-order valence-electron chi connectivity index (χ1n) is 11.6. The van der Waals surface area contributed by atoms with E-state index in [0.29, 0.717) is 37.9 Å². The molecular formula is C25H29F2N7O2. The number of carbonyl (C=O) groups excluding carboxylic acids is 1. The molecule has 2 unspecified atom stereocenters. The lowest BCUT2D eigenvalue weighted by Crippen LogP contribution is -2.48. The van der Waals surface area contributed by atoms with Crippen LogP contribution in [0, 0.1) is 11.6 Å². The molecule has 2 atom stereocenters. The Kier molecular flexibility index (Phi) is 7.73. The molecule has 0 radical (unpaired) electrons. The maximum absolute atomic E-state index is 13.6. The summed E-state index contributed by atoms with van der Waals surface area (Å²) in [6.45, 7) is 3.96. The summed E-state index contributed by atoms with van der Waals surface area (Å²) in [6, 6.07) is 13.3. The predicted octanol–water partition coefficient (Wildman–Crippen LogP) is 1.84. The third kappa shape index (κ3) is 5.93.